The molecule has 118 valence electrons. The molecule has 0 aliphatic heterocycles. The van der Waals surface area contributed by atoms with Crippen LogP contribution in [0, 0.1) is 5.92 Å². The van der Waals surface area contributed by atoms with E-state index >= 15 is 0 Å². The third-order valence-electron chi connectivity index (χ3n) is 3.84. The summed E-state index contributed by atoms with van der Waals surface area (Å²) in [4.78, 5) is 12.2. The molecule has 2 heteroatoms. The predicted molar refractivity (Wildman–Crippen MR) is 89.3 cm³/mol. The first-order valence-electron chi connectivity index (χ1n) is 8.16. The van der Waals surface area contributed by atoms with Gasteiger partial charge < -0.3 is 4.74 Å². The van der Waals surface area contributed by atoms with Crippen LogP contribution < -0.4 is 0 Å². The number of ether oxygens (including phenoxy) is 1. The van der Waals surface area contributed by atoms with E-state index < -0.39 is 0 Å². The average Bonchev–Trinajstić information content (AvgIpc) is 2.46. The van der Waals surface area contributed by atoms with Crippen molar-refractivity contribution in [3.8, 4) is 0 Å². The number of ketones is 1. The highest BCUT2D eigenvalue weighted by Crippen LogP contribution is 2.15. The minimum absolute atomic E-state index is 0.114. The van der Waals surface area contributed by atoms with Crippen molar-refractivity contribution < 1.29 is 9.53 Å². The Morgan fingerprint density at radius 1 is 1.29 bits per heavy atom. The van der Waals surface area contributed by atoms with E-state index in [-0.39, 0.29) is 11.9 Å². The minimum atomic E-state index is -0.330. The van der Waals surface area contributed by atoms with E-state index in [1.165, 1.54) is 12.0 Å². The molecule has 0 aromatic carbocycles. The molecule has 0 saturated carbocycles. The Bertz CT molecular complexity index is 411. The highest BCUT2D eigenvalue weighted by atomic mass is 16.5. The molecule has 1 rings (SSSR count). The van der Waals surface area contributed by atoms with Gasteiger partial charge in [0.1, 0.15) is 6.10 Å². The number of hydrogen-bond acceptors (Lipinski definition) is 2. The topological polar surface area (TPSA) is 26.3 Å². The quantitative estimate of drug-likeness (QED) is 0.558. The van der Waals surface area contributed by atoms with Gasteiger partial charge in [0.15, 0.2) is 5.78 Å². The Balaban J connectivity index is 2.22. The van der Waals surface area contributed by atoms with E-state index in [4.69, 9.17) is 4.74 Å². The number of rotatable bonds is 9. The second-order valence-electron chi connectivity index (χ2n) is 6.27. The molecule has 2 unspecified atom stereocenters. The molecule has 21 heavy (non-hydrogen) atoms. The third kappa shape index (κ3) is 7.42. The summed E-state index contributed by atoms with van der Waals surface area (Å²) < 4.78 is 5.72. The summed E-state index contributed by atoms with van der Waals surface area (Å²) in [6.07, 6.45) is 13.3. The molecule has 0 heterocycles. The summed E-state index contributed by atoms with van der Waals surface area (Å²) in [6.45, 7) is 9.05. The Morgan fingerprint density at radius 3 is 2.67 bits per heavy atom. The van der Waals surface area contributed by atoms with E-state index in [1.807, 2.05) is 19.1 Å². The molecule has 2 nitrogen and oxygen atoms in total. The van der Waals surface area contributed by atoms with Crippen molar-refractivity contribution in [1.29, 1.82) is 0 Å². The molecule has 0 radical (unpaired) electrons. The molecule has 0 bridgehead atoms. The van der Waals surface area contributed by atoms with Crippen LogP contribution >= 0.6 is 0 Å². The molecular formula is C19H30O2. The minimum Gasteiger partial charge on any atom is -0.370 e. The van der Waals surface area contributed by atoms with Gasteiger partial charge in [0.2, 0.25) is 0 Å². The van der Waals surface area contributed by atoms with E-state index in [9.17, 15) is 4.79 Å². The van der Waals surface area contributed by atoms with Crippen molar-refractivity contribution in [1.82, 2.24) is 0 Å². The Kier molecular flexibility index (Phi) is 8.29. The Morgan fingerprint density at radius 2 is 2.05 bits per heavy atom. The summed E-state index contributed by atoms with van der Waals surface area (Å²) in [5, 5.41) is 0. The van der Waals surface area contributed by atoms with Crippen LogP contribution in [0.25, 0.3) is 0 Å². The number of carbonyl (C=O) groups excluding carboxylic acids is 1. The maximum Gasteiger partial charge on any atom is 0.190 e. The van der Waals surface area contributed by atoms with Gasteiger partial charge in [-0.1, -0.05) is 36.8 Å². The second kappa shape index (κ2) is 9.73. The smallest absolute Gasteiger partial charge is 0.190 e. The average molecular weight is 290 g/mol. The molecule has 0 N–H and O–H groups in total. The normalized spacial score (nSPS) is 17.0. The maximum absolute atomic E-state index is 12.2. The molecule has 0 aromatic heterocycles. The predicted octanol–water partition coefficient (Wildman–Crippen LogP) is 5.01. The van der Waals surface area contributed by atoms with Crippen LogP contribution in [0.5, 0.6) is 0 Å². The second-order valence-corrected chi connectivity index (χ2v) is 6.27. The summed E-state index contributed by atoms with van der Waals surface area (Å²) in [5.41, 5.74) is 2.19. The molecule has 1 aliphatic rings. The SMILES string of the molecule is CC(C)=CCCC(C)CCOC(C)C(=O)C1=CCCC=C1. The number of allylic oxidation sites excluding steroid dienone is 5. The fourth-order valence-electron chi connectivity index (χ4n) is 2.35. The van der Waals surface area contributed by atoms with E-state index in [0.29, 0.717) is 12.5 Å². The number of Topliss-reactive ketones (excluding diaryl/α,β-unsaturated/α-hetero) is 1. The Labute approximate surface area is 130 Å². The van der Waals surface area contributed by atoms with Gasteiger partial charge >= 0.3 is 0 Å². The van der Waals surface area contributed by atoms with Crippen molar-refractivity contribution in [3.63, 3.8) is 0 Å². The number of carbonyl (C=O) groups is 1. The van der Waals surface area contributed by atoms with Gasteiger partial charge in [-0.2, -0.15) is 0 Å². The van der Waals surface area contributed by atoms with Gasteiger partial charge in [0, 0.05) is 12.2 Å². The maximum atomic E-state index is 12.2. The Hall–Kier alpha value is -1.15. The van der Waals surface area contributed by atoms with E-state index in [0.717, 1.165) is 31.3 Å². The van der Waals surface area contributed by atoms with Crippen LogP contribution in [-0.4, -0.2) is 18.5 Å². The van der Waals surface area contributed by atoms with Crippen molar-refractivity contribution in [2.75, 3.05) is 6.61 Å². The summed E-state index contributed by atoms with van der Waals surface area (Å²) in [5.74, 6) is 0.750. The lowest BCUT2D eigenvalue weighted by atomic mass is 10.00. The van der Waals surface area contributed by atoms with Crippen LogP contribution in [-0.2, 0) is 9.53 Å². The highest BCUT2D eigenvalue weighted by molar-refractivity contribution is 6.01. The van der Waals surface area contributed by atoms with Crippen LogP contribution in [0.1, 0.15) is 59.8 Å². The van der Waals surface area contributed by atoms with Crippen molar-refractivity contribution >= 4 is 5.78 Å². The fourth-order valence-corrected chi connectivity index (χ4v) is 2.35. The lowest BCUT2D eigenvalue weighted by Gasteiger charge is -2.16. The van der Waals surface area contributed by atoms with Crippen molar-refractivity contribution in [2.45, 2.75) is 65.9 Å². The highest BCUT2D eigenvalue weighted by Gasteiger charge is 2.17. The third-order valence-corrected chi connectivity index (χ3v) is 3.84. The van der Waals surface area contributed by atoms with E-state index in [2.05, 4.69) is 32.9 Å². The van der Waals surface area contributed by atoms with Gasteiger partial charge in [-0.05, 0) is 58.8 Å². The molecule has 0 amide bonds. The van der Waals surface area contributed by atoms with Gasteiger partial charge in [0.25, 0.3) is 0 Å². The molecular weight excluding hydrogens is 260 g/mol. The monoisotopic (exact) mass is 290 g/mol. The molecule has 1 aliphatic carbocycles. The van der Waals surface area contributed by atoms with Gasteiger partial charge in [-0.25, -0.2) is 0 Å². The van der Waals surface area contributed by atoms with E-state index in [1.54, 1.807) is 0 Å². The van der Waals surface area contributed by atoms with Crippen molar-refractivity contribution in [2.24, 2.45) is 5.92 Å². The van der Waals surface area contributed by atoms with Crippen molar-refractivity contribution in [3.05, 3.63) is 35.5 Å². The first-order chi connectivity index (χ1) is 10.0. The lowest BCUT2D eigenvalue weighted by molar-refractivity contribution is -0.125. The summed E-state index contributed by atoms with van der Waals surface area (Å²) in [7, 11) is 0. The van der Waals surface area contributed by atoms with Gasteiger partial charge in [0.05, 0.1) is 0 Å². The standard InChI is InChI=1S/C19H30O2/c1-15(2)9-8-10-16(3)13-14-21-17(4)19(20)18-11-6-5-7-12-18/h6,9,11-12,16-17H,5,7-8,10,13-14H2,1-4H3. The number of hydrogen-bond donors (Lipinski definition) is 0. The molecule has 0 aromatic rings. The molecule has 2 atom stereocenters. The summed E-state index contributed by atoms with van der Waals surface area (Å²) >= 11 is 0. The van der Waals surface area contributed by atoms with Crippen LogP contribution in [0.4, 0.5) is 0 Å². The molecule has 0 saturated heterocycles. The van der Waals surface area contributed by atoms with Gasteiger partial charge in [-0.3, -0.25) is 4.79 Å². The lowest BCUT2D eigenvalue weighted by Crippen LogP contribution is -2.23. The van der Waals surface area contributed by atoms with Gasteiger partial charge in [-0.15, -0.1) is 0 Å². The largest absolute Gasteiger partial charge is 0.370 e. The van der Waals surface area contributed by atoms with Crippen LogP contribution in [0.3, 0.4) is 0 Å². The van der Waals surface area contributed by atoms with Crippen LogP contribution in [0.2, 0.25) is 0 Å². The first kappa shape index (κ1) is 17.9. The molecule has 0 spiro atoms. The zero-order valence-corrected chi connectivity index (χ0v) is 14.0. The first-order valence-corrected chi connectivity index (χ1v) is 8.16. The molecule has 0 fully saturated rings. The zero-order valence-electron chi connectivity index (χ0n) is 14.0. The summed E-state index contributed by atoms with van der Waals surface area (Å²) in [6, 6.07) is 0. The zero-order chi connectivity index (χ0) is 15.7. The fraction of sp³-hybridized carbons (Fsp3) is 0.632. The van der Waals surface area contributed by atoms with Crippen LogP contribution in [0.15, 0.2) is 35.5 Å².